The van der Waals surface area contributed by atoms with E-state index in [1.807, 2.05) is 25.9 Å². The highest BCUT2D eigenvalue weighted by atomic mass is 16.3. The summed E-state index contributed by atoms with van der Waals surface area (Å²) in [5, 5.41) is 31.6. The van der Waals surface area contributed by atoms with Crippen molar-refractivity contribution in [1.82, 2.24) is 15.5 Å². The summed E-state index contributed by atoms with van der Waals surface area (Å²) in [6.07, 6.45) is 1.56. The van der Waals surface area contributed by atoms with E-state index in [1.165, 1.54) is 27.8 Å². The highest BCUT2D eigenvalue weighted by molar-refractivity contribution is 5.86. The molecule has 242 valence electrons. The standard InChI is InChI=1S/C38H58N4O2/c1-21-27(17-40-19-36(6,7)8)14-28(18-41-20-37(9,10)11)29-15-26-16-30-34(42(12)13)35(43)33(25(5)39)24(4)38(30,44)23(3)32(26)22(2)31(21)29/h14,26,30,34,40-41,43-44H,2,4-5,15-20,39H2,1,3,6-13H3/t26-,30-,34?,38-/m0/s1. The molecule has 1 aromatic rings. The van der Waals surface area contributed by atoms with Gasteiger partial charge in [-0.15, -0.1) is 0 Å². The summed E-state index contributed by atoms with van der Waals surface area (Å²) in [7, 11) is 3.88. The fourth-order valence-electron chi connectivity index (χ4n) is 7.96. The molecule has 6 heteroatoms. The van der Waals surface area contributed by atoms with Gasteiger partial charge >= 0.3 is 0 Å². The number of allylic oxidation sites excluding steroid dienone is 3. The van der Waals surface area contributed by atoms with Gasteiger partial charge in [-0.25, -0.2) is 0 Å². The van der Waals surface area contributed by atoms with Crippen molar-refractivity contribution >= 4 is 5.57 Å². The first-order chi connectivity index (χ1) is 20.2. The van der Waals surface area contributed by atoms with Crippen molar-refractivity contribution in [2.75, 3.05) is 27.2 Å². The molecule has 6 nitrogen and oxygen atoms in total. The van der Waals surface area contributed by atoms with Crippen molar-refractivity contribution in [3.63, 3.8) is 0 Å². The number of hydrogen-bond donors (Lipinski definition) is 5. The summed E-state index contributed by atoms with van der Waals surface area (Å²) in [4.78, 5) is 1.98. The predicted octanol–water partition coefficient (Wildman–Crippen LogP) is 6.30. The first kappa shape index (κ1) is 34.2. The Morgan fingerprint density at radius 1 is 1.02 bits per heavy atom. The molecule has 3 aliphatic rings. The summed E-state index contributed by atoms with van der Waals surface area (Å²) in [6.45, 7) is 34.2. The van der Waals surface area contributed by atoms with Crippen LogP contribution in [0.4, 0.5) is 0 Å². The Bertz CT molecular complexity index is 1430. The zero-order chi connectivity index (χ0) is 33.1. The van der Waals surface area contributed by atoms with Crippen LogP contribution in [0.2, 0.25) is 0 Å². The third kappa shape index (κ3) is 6.11. The van der Waals surface area contributed by atoms with Crippen LogP contribution < -0.4 is 16.4 Å². The maximum absolute atomic E-state index is 12.7. The number of rotatable bonds is 8. The van der Waals surface area contributed by atoms with Gasteiger partial charge in [0.2, 0.25) is 0 Å². The Kier molecular flexibility index (Phi) is 9.29. The molecule has 0 saturated carbocycles. The molecule has 4 atom stereocenters. The fourth-order valence-corrected chi connectivity index (χ4v) is 7.96. The van der Waals surface area contributed by atoms with E-state index in [0.717, 1.165) is 49.3 Å². The van der Waals surface area contributed by atoms with Gasteiger partial charge in [-0.05, 0) is 108 Å². The number of nitrogens with zero attached hydrogens (tertiary/aromatic N) is 1. The molecule has 0 fully saturated rings. The van der Waals surface area contributed by atoms with Crippen molar-refractivity contribution in [3.8, 4) is 0 Å². The van der Waals surface area contributed by atoms with Gasteiger partial charge in [-0.3, -0.25) is 4.90 Å². The monoisotopic (exact) mass is 602 g/mol. The van der Waals surface area contributed by atoms with Crippen LogP contribution >= 0.6 is 0 Å². The molecule has 0 heterocycles. The molecule has 6 N–H and O–H groups in total. The minimum Gasteiger partial charge on any atom is -0.510 e. The number of aliphatic hydroxyl groups excluding tert-OH is 1. The Morgan fingerprint density at radius 2 is 1.57 bits per heavy atom. The Labute approximate surface area is 266 Å². The first-order valence-electron chi connectivity index (χ1n) is 16.1. The Morgan fingerprint density at radius 3 is 2.07 bits per heavy atom. The van der Waals surface area contributed by atoms with E-state index < -0.39 is 11.6 Å². The van der Waals surface area contributed by atoms with E-state index in [0.29, 0.717) is 17.6 Å². The van der Waals surface area contributed by atoms with Gasteiger partial charge in [0.05, 0.1) is 6.04 Å². The van der Waals surface area contributed by atoms with Crippen molar-refractivity contribution < 1.29 is 10.2 Å². The van der Waals surface area contributed by atoms with Crippen LogP contribution in [0.5, 0.6) is 0 Å². The molecular weight excluding hydrogens is 544 g/mol. The maximum atomic E-state index is 12.7. The second kappa shape index (κ2) is 11.9. The van der Waals surface area contributed by atoms with Crippen molar-refractivity contribution in [2.24, 2.45) is 28.4 Å². The molecule has 1 unspecified atom stereocenters. The molecule has 44 heavy (non-hydrogen) atoms. The lowest BCUT2D eigenvalue weighted by molar-refractivity contribution is -0.0178. The van der Waals surface area contributed by atoms with Crippen LogP contribution in [-0.2, 0) is 19.5 Å². The maximum Gasteiger partial charge on any atom is 0.119 e. The quantitative estimate of drug-likeness (QED) is 0.240. The van der Waals surface area contributed by atoms with Crippen molar-refractivity contribution in [3.05, 3.63) is 87.4 Å². The summed E-state index contributed by atoms with van der Waals surface area (Å²) in [5.41, 5.74) is 15.6. The second-order valence-corrected chi connectivity index (χ2v) is 16.2. The molecule has 3 aliphatic carbocycles. The summed E-state index contributed by atoms with van der Waals surface area (Å²) >= 11 is 0. The number of nitrogens with one attached hydrogen (secondary N) is 2. The summed E-state index contributed by atoms with van der Waals surface area (Å²) < 4.78 is 0. The van der Waals surface area contributed by atoms with E-state index in [2.05, 4.69) is 78.3 Å². The lowest BCUT2D eigenvalue weighted by Gasteiger charge is -2.54. The van der Waals surface area contributed by atoms with Crippen molar-refractivity contribution in [1.29, 1.82) is 0 Å². The Balaban J connectivity index is 1.87. The van der Waals surface area contributed by atoms with Crippen LogP contribution in [0.1, 0.15) is 82.7 Å². The van der Waals surface area contributed by atoms with Gasteiger partial charge in [0, 0.05) is 43.4 Å². The lowest BCUT2D eigenvalue weighted by atomic mass is 9.55. The van der Waals surface area contributed by atoms with Gasteiger partial charge in [0.15, 0.2) is 0 Å². The molecule has 1 aromatic carbocycles. The highest BCUT2D eigenvalue weighted by Gasteiger charge is 2.57. The van der Waals surface area contributed by atoms with Crippen molar-refractivity contribution in [2.45, 2.75) is 93.0 Å². The average Bonchev–Trinajstić information content (AvgIpc) is 2.86. The van der Waals surface area contributed by atoms with E-state index in [9.17, 15) is 10.2 Å². The van der Waals surface area contributed by atoms with Gasteiger partial charge in [0.25, 0.3) is 0 Å². The molecule has 4 rings (SSSR count). The van der Waals surface area contributed by atoms with E-state index in [-0.39, 0.29) is 34.1 Å². The number of benzene rings is 1. The topological polar surface area (TPSA) is 93.8 Å². The lowest BCUT2D eigenvalue weighted by Crippen LogP contribution is -2.58. The van der Waals surface area contributed by atoms with E-state index in [1.54, 1.807) is 0 Å². The predicted molar refractivity (Wildman–Crippen MR) is 185 cm³/mol. The van der Waals surface area contributed by atoms with E-state index in [4.69, 9.17) is 12.3 Å². The summed E-state index contributed by atoms with van der Waals surface area (Å²) in [5.74, 6) is 0.0148. The van der Waals surface area contributed by atoms with Gasteiger partial charge in [0.1, 0.15) is 11.4 Å². The first-order valence-corrected chi connectivity index (χ1v) is 16.1. The van der Waals surface area contributed by atoms with Crippen LogP contribution in [0.15, 0.2) is 59.6 Å². The zero-order valence-electron chi connectivity index (χ0n) is 29.1. The van der Waals surface area contributed by atoms with Crippen LogP contribution in [-0.4, -0.2) is 53.9 Å². The fraction of sp³-hybridized carbons (Fsp3) is 0.579. The highest BCUT2D eigenvalue weighted by Crippen LogP contribution is 2.58. The molecule has 0 amide bonds. The molecule has 0 aromatic heterocycles. The summed E-state index contributed by atoms with van der Waals surface area (Å²) in [6, 6.07) is 1.98. The largest absolute Gasteiger partial charge is 0.510 e. The number of nitrogens with two attached hydrogens (primary N) is 1. The molecular formula is C38H58N4O2. The average molecular weight is 603 g/mol. The number of likely N-dealkylation sites (N-methyl/N-ethyl adjacent to an activating group) is 1. The van der Waals surface area contributed by atoms with Gasteiger partial charge in [-0.2, -0.15) is 0 Å². The van der Waals surface area contributed by atoms with Gasteiger partial charge < -0.3 is 26.6 Å². The van der Waals surface area contributed by atoms with E-state index >= 15 is 0 Å². The number of aliphatic hydroxyl groups is 2. The third-order valence-corrected chi connectivity index (χ3v) is 9.93. The molecule has 0 aliphatic heterocycles. The molecule has 0 saturated heterocycles. The van der Waals surface area contributed by atoms with Crippen LogP contribution in [0, 0.1) is 29.6 Å². The van der Waals surface area contributed by atoms with Crippen LogP contribution in [0.3, 0.4) is 0 Å². The second-order valence-electron chi connectivity index (χ2n) is 16.2. The van der Waals surface area contributed by atoms with Crippen LogP contribution in [0.25, 0.3) is 5.57 Å². The minimum atomic E-state index is -1.37. The number of fused-ring (bicyclic) bond motifs is 3. The normalized spacial score (nSPS) is 25.8. The SMILES string of the molecule is C=C(N)C1=C(O)C(N(C)C)[C@@H]2C[C@@H]3Cc4c(CNCC(C)(C)C)cc(CNCC(C)(C)C)c(C)c4C(=C)C3=C(C)[C@]2(O)C1=C. The Hall–Kier alpha value is -2.64. The smallest absolute Gasteiger partial charge is 0.119 e. The molecule has 0 spiro atoms. The zero-order valence-corrected chi connectivity index (χ0v) is 29.1. The molecule has 0 radical (unpaired) electrons. The van der Waals surface area contributed by atoms with Gasteiger partial charge in [-0.1, -0.05) is 67.3 Å². The third-order valence-electron chi connectivity index (χ3n) is 9.93. The number of hydrogen-bond acceptors (Lipinski definition) is 6. The molecule has 0 bridgehead atoms. The minimum absolute atomic E-state index is 0.142.